The highest BCUT2D eigenvalue weighted by molar-refractivity contribution is 5.67. The van der Waals surface area contributed by atoms with Gasteiger partial charge in [-0.15, -0.1) is 0 Å². The van der Waals surface area contributed by atoms with Gasteiger partial charge in [0.25, 0.3) is 0 Å². The lowest BCUT2D eigenvalue weighted by atomic mass is 10.1. The molecule has 1 aromatic carbocycles. The summed E-state index contributed by atoms with van der Waals surface area (Å²) in [4.78, 5) is 0. The lowest BCUT2D eigenvalue weighted by Gasteiger charge is -1.93. The van der Waals surface area contributed by atoms with Gasteiger partial charge in [-0.05, 0) is 30.7 Å². The molecule has 0 aliphatic carbocycles. The third-order valence-corrected chi connectivity index (χ3v) is 2.06. The van der Waals surface area contributed by atoms with Crippen molar-refractivity contribution in [2.45, 2.75) is 6.92 Å². The second-order valence-electron chi connectivity index (χ2n) is 3.26. The molecular formula is C13H12O. The monoisotopic (exact) mass is 184 g/mol. The van der Waals surface area contributed by atoms with Crippen LogP contribution in [0, 0.1) is 6.92 Å². The summed E-state index contributed by atoms with van der Waals surface area (Å²) in [7, 11) is 0. The first kappa shape index (κ1) is 8.82. The van der Waals surface area contributed by atoms with E-state index in [0.29, 0.717) is 0 Å². The quantitative estimate of drug-likeness (QED) is 0.692. The molecule has 2 rings (SSSR count). The molecule has 0 saturated heterocycles. The summed E-state index contributed by atoms with van der Waals surface area (Å²) in [6.07, 6.45) is 5.68. The van der Waals surface area contributed by atoms with Crippen molar-refractivity contribution in [3.05, 3.63) is 59.5 Å². The summed E-state index contributed by atoms with van der Waals surface area (Å²) in [5.41, 5.74) is 2.46. The minimum Gasteiger partial charge on any atom is -0.465 e. The lowest BCUT2D eigenvalue weighted by molar-refractivity contribution is 0.557. The Morgan fingerprint density at radius 2 is 1.79 bits per heavy atom. The van der Waals surface area contributed by atoms with Crippen LogP contribution in [0.15, 0.2) is 47.1 Å². The Morgan fingerprint density at radius 3 is 2.43 bits per heavy atom. The van der Waals surface area contributed by atoms with Crippen LogP contribution >= 0.6 is 0 Å². The fraction of sp³-hybridized carbons (Fsp3) is 0.0769. The van der Waals surface area contributed by atoms with Crippen LogP contribution in [-0.2, 0) is 0 Å². The van der Waals surface area contributed by atoms with Gasteiger partial charge >= 0.3 is 0 Å². The van der Waals surface area contributed by atoms with Crippen LogP contribution in [0.2, 0.25) is 0 Å². The van der Waals surface area contributed by atoms with E-state index in [1.807, 2.05) is 24.3 Å². The molecule has 0 N–H and O–H groups in total. The highest BCUT2D eigenvalue weighted by atomic mass is 16.3. The van der Waals surface area contributed by atoms with Crippen LogP contribution in [0.1, 0.15) is 16.9 Å². The van der Waals surface area contributed by atoms with Gasteiger partial charge in [0, 0.05) is 0 Å². The van der Waals surface area contributed by atoms with E-state index in [2.05, 4.69) is 31.2 Å². The standard InChI is InChI=1S/C13H12O/c1-11-4-6-12(7-5-11)8-9-13-3-2-10-14-13/h2-10H,1H3/b9-8+. The summed E-state index contributed by atoms with van der Waals surface area (Å²) in [6, 6.07) is 12.2. The maximum absolute atomic E-state index is 5.19. The Morgan fingerprint density at radius 1 is 1.00 bits per heavy atom. The van der Waals surface area contributed by atoms with Crippen LogP contribution in [0.3, 0.4) is 0 Å². The molecule has 1 nitrogen and oxygen atoms in total. The molecule has 0 aliphatic heterocycles. The van der Waals surface area contributed by atoms with Crippen molar-refractivity contribution in [2.75, 3.05) is 0 Å². The van der Waals surface area contributed by atoms with Crippen LogP contribution < -0.4 is 0 Å². The van der Waals surface area contributed by atoms with E-state index < -0.39 is 0 Å². The molecular weight excluding hydrogens is 172 g/mol. The Balaban J connectivity index is 2.15. The molecule has 2 aromatic rings. The van der Waals surface area contributed by atoms with E-state index >= 15 is 0 Å². The molecule has 1 aromatic heterocycles. The molecule has 1 heterocycles. The number of aryl methyl sites for hydroxylation is 1. The molecule has 0 aliphatic rings. The largest absolute Gasteiger partial charge is 0.465 e. The normalized spacial score (nSPS) is 10.9. The maximum Gasteiger partial charge on any atom is 0.126 e. The van der Waals surface area contributed by atoms with Crippen molar-refractivity contribution < 1.29 is 4.42 Å². The van der Waals surface area contributed by atoms with Gasteiger partial charge in [0.2, 0.25) is 0 Å². The molecule has 0 spiro atoms. The van der Waals surface area contributed by atoms with Crippen molar-refractivity contribution in [3.63, 3.8) is 0 Å². The summed E-state index contributed by atoms with van der Waals surface area (Å²) < 4.78 is 5.19. The van der Waals surface area contributed by atoms with Crippen molar-refractivity contribution >= 4 is 12.2 Å². The van der Waals surface area contributed by atoms with E-state index in [1.165, 1.54) is 11.1 Å². The predicted molar refractivity (Wildman–Crippen MR) is 58.8 cm³/mol. The van der Waals surface area contributed by atoms with E-state index in [-0.39, 0.29) is 0 Å². The SMILES string of the molecule is Cc1ccc(/C=C/c2ccco2)cc1. The molecule has 14 heavy (non-hydrogen) atoms. The van der Waals surface area contributed by atoms with Crippen molar-refractivity contribution in [1.82, 2.24) is 0 Å². The second-order valence-corrected chi connectivity index (χ2v) is 3.26. The van der Waals surface area contributed by atoms with E-state index in [1.54, 1.807) is 6.26 Å². The van der Waals surface area contributed by atoms with Crippen LogP contribution in [0.5, 0.6) is 0 Å². The number of hydrogen-bond acceptors (Lipinski definition) is 1. The Kier molecular flexibility index (Phi) is 2.50. The van der Waals surface area contributed by atoms with Gasteiger partial charge in [-0.1, -0.05) is 35.9 Å². The Bertz CT molecular complexity index is 407. The highest BCUT2D eigenvalue weighted by Gasteiger charge is 1.89. The van der Waals surface area contributed by atoms with Crippen LogP contribution in [0.4, 0.5) is 0 Å². The first-order valence-electron chi connectivity index (χ1n) is 4.63. The summed E-state index contributed by atoms with van der Waals surface area (Å²) in [6.45, 7) is 2.08. The van der Waals surface area contributed by atoms with Crippen molar-refractivity contribution in [1.29, 1.82) is 0 Å². The number of benzene rings is 1. The van der Waals surface area contributed by atoms with Crippen molar-refractivity contribution in [2.24, 2.45) is 0 Å². The number of hydrogen-bond donors (Lipinski definition) is 0. The third kappa shape index (κ3) is 2.13. The smallest absolute Gasteiger partial charge is 0.126 e. The number of furan rings is 1. The molecule has 0 atom stereocenters. The van der Waals surface area contributed by atoms with E-state index in [9.17, 15) is 0 Å². The summed E-state index contributed by atoms with van der Waals surface area (Å²) in [5, 5.41) is 0. The van der Waals surface area contributed by atoms with Crippen LogP contribution in [0.25, 0.3) is 12.2 Å². The zero-order valence-corrected chi connectivity index (χ0v) is 8.10. The lowest BCUT2D eigenvalue weighted by Crippen LogP contribution is -1.72. The number of rotatable bonds is 2. The van der Waals surface area contributed by atoms with Gasteiger partial charge in [-0.2, -0.15) is 0 Å². The third-order valence-electron chi connectivity index (χ3n) is 2.06. The summed E-state index contributed by atoms with van der Waals surface area (Å²) >= 11 is 0. The molecule has 1 heteroatoms. The first-order valence-corrected chi connectivity index (χ1v) is 4.63. The fourth-order valence-electron chi connectivity index (χ4n) is 1.24. The average Bonchev–Trinajstić information content (AvgIpc) is 2.70. The topological polar surface area (TPSA) is 13.1 Å². The first-order chi connectivity index (χ1) is 6.84. The van der Waals surface area contributed by atoms with Gasteiger partial charge in [0.1, 0.15) is 5.76 Å². The second kappa shape index (κ2) is 3.97. The Hall–Kier alpha value is -1.76. The fourth-order valence-corrected chi connectivity index (χ4v) is 1.24. The molecule has 0 radical (unpaired) electrons. The van der Waals surface area contributed by atoms with Gasteiger partial charge < -0.3 is 4.42 Å². The molecule has 70 valence electrons. The van der Waals surface area contributed by atoms with Crippen LogP contribution in [-0.4, -0.2) is 0 Å². The molecule has 0 bridgehead atoms. The minimum absolute atomic E-state index is 0.880. The minimum atomic E-state index is 0.880. The van der Waals surface area contributed by atoms with Gasteiger partial charge in [0.05, 0.1) is 6.26 Å². The van der Waals surface area contributed by atoms with Gasteiger partial charge in [-0.25, -0.2) is 0 Å². The Labute approximate surface area is 83.7 Å². The van der Waals surface area contributed by atoms with E-state index in [4.69, 9.17) is 4.42 Å². The van der Waals surface area contributed by atoms with Gasteiger partial charge in [-0.3, -0.25) is 0 Å². The van der Waals surface area contributed by atoms with Gasteiger partial charge in [0.15, 0.2) is 0 Å². The molecule has 0 unspecified atom stereocenters. The van der Waals surface area contributed by atoms with E-state index in [0.717, 1.165) is 5.76 Å². The summed E-state index contributed by atoms with van der Waals surface area (Å²) in [5.74, 6) is 0.880. The predicted octanol–water partition coefficient (Wildman–Crippen LogP) is 3.76. The van der Waals surface area contributed by atoms with Crippen molar-refractivity contribution in [3.8, 4) is 0 Å². The zero-order valence-electron chi connectivity index (χ0n) is 8.10. The molecule has 0 amide bonds. The average molecular weight is 184 g/mol. The molecule has 0 fully saturated rings. The molecule has 0 saturated carbocycles. The highest BCUT2D eigenvalue weighted by Crippen LogP contribution is 2.09. The maximum atomic E-state index is 5.19. The zero-order chi connectivity index (χ0) is 9.80.